The molecule has 0 aliphatic carbocycles. The smallest absolute Gasteiger partial charge is 0.258 e. The van der Waals surface area contributed by atoms with Gasteiger partial charge in [-0.15, -0.1) is 0 Å². The van der Waals surface area contributed by atoms with E-state index in [9.17, 15) is 13.2 Å². The minimum Gasteiger partial charge on any atom is -0.309 e. The number of benzene rings is 2. The Hall–Kier alpha value is -3.03. The number of aromatic nitrogens is 1. The molecule has 0 unspecified atom stereocenters. The Morgan fingerprint density at radius 2 is 1.71 bits per heavy atom. The molecule has 0 radical (unpaired) electrons. The molecule has 0 bridgehead atoms. The summed E-state index contributed by atoms with van der Waals surface area (Å²) >= 11 is 0. The Labute approximate surface area is 164 Å². The van der Waals surface area contributed by atoms with Gasteiger partial charge < -0.3 is 4.90 Å². The minimum absolute atomic E-state index is 0.107. The molecule has 2 aromatic carbocycles. The van der Waals surface area contributed by atoms with Crippen molar-refractivity contribution in [3.8, 4) is 0 Å². The predicted molar refractivity (Wildman–Crippen MR) is 108 cm³/mol. The lowest BCUT2D eigenvalue weighted by molar-refractivity contribution is 0.0988. The molecule has 0 saturated heterocycles. The van der Waals surface area contributed by atoms with Crippen LogP contribution in [0, 0.1) is 0 Å². The first-order valence-corrected chi connectivity index (χ1v) is 10.3. The first-order chi connectivity index (χ1) is 13.5. The van der Waals surface area contributed by atoms with Gasteiger partial charge in [0.15, 0.2) is 0 Å². The number of rotatable bonds is 7. The lowest BCUT2D eigenvalue weighted by Gasteiger charge is -2.21. The summed E-state index contributed by atoms with van der Waals surface area (Å²) in [5.74, 6) is -0.180. The number of carbonyl (C=O) groups is 1. The van der Waals surface area contributed by atoms with Crippen LogP contribution < -0.4 is 9.62 Å². The Kier molecular flexibility index (Phi) is 6.18. The summed E-state index contributed by atoms with van der Waals surface area (Å²) in [5.41, 5.74) is 1.99. The molecule has 0 atom stereocenters. The van der Waals surface area contributed by atoms with E-state index in [1.54, 1.807) is 29.4 Å². The van der Waals surface area contributed by atoms with Gasteiger partial charge in [0.1, 0.15) is 0 Å². The number of carbonyl (C=O) groups excluding carboxylic acids is 1. The van der Waals surface area contributed by atoms with Crippen LogP contribution in [-0.4, -0.2) is 25.9 Å². The van der Waals surface area contributed by atoms with Crippen molar-refractivity contribution in [2.45, 2.75) is 18.4 Å². The minimum atomic E-state index is -3.68. The lowest BCUT2D eigenvalue weighted by Crippen LogP contribution is -2.30. The number of nitrogens with one attached hydrogen (secondary N) is 1. The molecule has 6 nitrogen and oxygen atoms in total. The Balaban J connectivity index is 1.74. The maximum atomic E-state index is 12.8. The second-order valence-corrected chi connectivity index (χ2v) is 7.86. The Morgan fingerprint density at radius 3 is 2.32 bits per heavy atom. The molecule has 1 amide bonds. The molecule has 0 aliphatic rings. The van der Waals surface area contributed by atoms with E-state index in [2.05, 4.69) is 9.71 Å². The van der Waals surface area contributed by atoms with Gasteiger partial charge in [0.05, 0.1) is 4.90 Å². The van der Waals surface area contributed by atoms with Gasteiger partial charge in [0, 0.05) is 36.7 Å². The van der Waals surface area contributed by atoms with Crippen molar-refractivity contribution in [3.63, 3.8) is 0 Å². The molecule has 3 rings (SSSR count). The van der Waals surface area contributed by atoms with E-state index in [1.165, 1.54) is 24.3 Å². The van der Waals surface area contributed by atoms with Crippen molar-refractivity contribution in [3.05, 3.63) is 90.3 Å². The second kappa shape index (κ2) is 8.77. The third-order valence-corrected chi connectivity index (χ3v) is 5.65. The highest BCUT2D eigenvalue weighted by molar-refractivity contribution is 7.89. The fraction of sp³-hybridized carbons (Fsp3) is 0.143. The highest BCUT2D eigenvalue weighted by Crippen LogP contribution is 2.18. The van der Waals surface area contributed by atoms with Crippen molar-refractivity contribution >= 4 is 21.6 Å². The van der Waals surface area contributed by atoms with Crippen molar-refractivity contribution < 1.29 is 13.2 Å². The highest BCUT2D eigenvalue weighted by Gasteiger charge is 2.18. The topological polar surface area (TPSA) is 79.4 Å². The first-order valence-electron chi connectivity index (χ1n) is 8.87. The monoisotopic (exact) mass is 395 g/mol. The lowest BCUT2D eigenvalue weighted by atomic mass is 10.2. The van der Waals surface area contributed by atoms with Crippen LogP contribution in [0.25, 0.3) is 0 Å². The summed E-state index contributed by atoms with van der Waals surface area (Å²) < 4.78 is 27.5. The largest absolute Gasteiger partial charge is 0.309 e. The van der Waals surface area contributed by atoms with Crippen LogP contribution in [0.3, 0.4) is 0 Å². The van der Waals surface area contributed by atoms with Gasteiger partial charge in [-0.3, -0.25) is 9.78 Å². The normalized spacial score (nSPS) is 11.2. The van der Waals surface area contributed by atoms with E-state index in [1.807, 2.05) is 37.3 Å². The number of amides is 1. The van der Waals surface area contributed by atoms with Crippen molar-refractivity contribution in [2.24, 2.45) is 0 Å². The fourth-order valence-electron chi connectivity index (χ4n) is 2.75. The number of pyridine rings is 1. The van der Waals surface area contributed by atoms with Crippen LogP contribution in [-0.2, 0) is 16.6 Å². The summed E-state index contributed by atoms with van der Waals surface area (Å²) in [5, 5.41) is 0. The van der Waals surface area contributed by atoms with Gasteiger partial charge in [-0.1, -0.05) is 24.3 Å². The van der Waals surface area contributed by atoms with E-state index >= 15 is 0 Å². The number of hydrogen-bond donors (Lipinski definition) is 1. The van der Waals surface area contributed by atoms with E-state index in [0.717, 1.165) is 11.3 Å². The zero-order valence-electron chi connectivity index (χ0n) is 15.4. The molecule has 0 aliphatic heterocycles. The van der Waals surface area contributed by atoms with Crippen LogP contribution in [0.5, 0.6) is 0 Å². The maximum absolute atomic E-state index is 12.8. The first kappa shape index (κ1) is 19.7. The van der Waals surface area contributed by atoms with Gasteiger partial charge in [-0.25, -0.2) is 13.1 Å². The molecule has 1 heterocycles. The van der Waals surface area contributed by atoms with Gasteiger partial charge in [0.2, 0.25) is 10.0 Å². The summed E-state index contributed by atoms with van der Waals surface area (Å²) in [4.78, 5) is 18.5. The van der Waals surface area contributed by atoms with Crippen LogP contribution in [0.1, 0.15) is 22.8 Å². The summed E-state index contributed by atoms with van der Waals surface area (Å²) in [7, 11) is -3.68. The van der Waals surface area contributed by atoms with Gasteiger partial charge >= 0.3 is 0 Å². The number of anilines is 1. The number of sulfonamides is 1. The van der Waals surface area contributed by atoms with Gasteiger partial charge in [0.25, 0.3) is 5.91 Å². The Morgan fingerprint density at radius 1 is 1.00 bits per heavy atom. The molecular weight excluding hydrogens is 374 g/mol. The van der Waals surface area contributed by atoms with Crippen molar-refractivity contribution in [2.75, 3.05) is 11.4 Å². The van der Waals surface area contributed by atoms with E-state index in [4.69, 9.17) is 0 Å². The third-order valence-electron chi connectivity index (χ3n) is 4.23. The fourth-order valence-corrected chi connectivity index (χ4v) is 3.77. The summed E-state index contributed by atoms with van der Waals surface area (Å²) in [6.07, 6.45) is 3.23. The van der Waals surface area contributed by atoms with Gasteiger partial charge in [-0.2, -0.15) is 0 Å². The Bertz CT molecular complexity index is 1020. The van der Waals surface area contributed by atoms with Crippen molar-refractivity contribution in [1.82, 2.24) is 9.71 Å². The van der Waals surface area contributed by atoms with Crippen LogP contribution in [0.15, 0.2) is 84.0 Å². The van der Waals surface area contributed by atoms with Crippen LogP contribution in [0.2, 0.25) is 0 Å². The molecule has 28 heavy (non-hydrogen) atoms. The van der Waals surface area contributed by atoms with E-state index < -0.39 is 10.0 Å². The van der Waals surface area contributed by atoms with Crippen LogP contribution in [0.4, 0.5) is 5.69 Å². The molecule has 0 spiro atoms. The predicted octanol–water partition coefficient (Wildman–Crippen LogP) is 3.23. The van der Waals surface area contributed by atoms with Gasteiger partial charge in [-0.05, 0) is 55.0 Å². The number of para-hydroxylation sites is 1. The second-order valence-electron chi connectivity index (χ2n) is 6.10. The zero-order valence-corrected chi connectivity index (χ0v) is 16.3. The molecule has 1 N–H and O–H groups in total. The average molecular weight is 395 g/mol. The molecule has 1 aromatic heterocycles. The van der Waals surface area contributed by atoms with Crippen molar-refractivity contribution in [1.29, 1.82) is 0 Å². The molecular formula is C21H21N3O3S. The van der Waals surface area contributed by atoms with E-state index in [-0.39, 0.29) is 17.3 Å². The molecule has 0 saturated carbocycles. The maximum Gasteiger partial charge on any atom is 0.258 e. The molecule has 144 valence electrons. The summed E-state index contributed by atoms with van der Waals surface area (Å²) in [6.45, 7) is 2.55. The SMILES string of the molecule is CCN(C(=O)c1ccc(S(=O)(=O)NCc2cccnc2)cc1)c1ccccc1. The van der Waals surface area contributed by atoms with E-state index in [0.29, 0.717) is 12.1 Å². The summed E-state index contributed by atoms with van der Waals surface area (Å²) in [6, 6.07) is 18.8. The standard InChI is InChI=1S/C21H21N3O3S/c1-2-24(19-8-4-3-5-9-19)21(25)18-10-12-20(13-11-18)28(26,27)23-16-17-7-6-14-22-15-17/h3-15,23H,2,16H2,1H3. The highest BCUT2D eigenvalue weighted by atomic mass is 32.2. The molecule has 0 fully saturated rings. The third kappa shape index (κ3) is 4.62. The average Bonchev–Trinajstić information content (AvgIpc) is 2.74. The quantitative estimate of drug-likeness (QED) is 0.666. The molecule has 7 heteroatoms. The number of hydrogen-bond acceptors (Lipinski definition) is 4. The zero-order chi connectivity index (χ0) is 20.0. The van der Waals surface area contributed by atoms with Crippen LogP contribution >= 0.6 is 0 Å². The number of nitrogens with zero attached hydrogens (tertiary/aromatic N) is 2. The molecule has 3 aromatic rings.